The average molecular weight is 364 g/mol. The summed E-state index contributed by atoms with van der Waals surface area (Å²) in [7, 11) is 0. The molecule has 0 heterocycles. The highest BCUT2D eigenvalue weighted by Gasteiger charge is 2.14. The molecule has 0 unspecified atom stereocenters. The summed E-state index contributed by atoms with van der Waals surface area (Å²) < 4.78 is 10.1. The van der Waals surface area contributed by atoms with Gasteiger partial charge in [0.25, 0.3) is 0 Å². The lowest BCUT2D eigenvalue weighted by Gasteiger charge is -2.08. The van der Waals surface area contributed by atoms with Gasteiger partial charge in [0.2, 0.25) is 5.75 Å². The molecule has 0 aromatic heterocycles. The van der Waals surface area contributed by atoms with E-state index in [4.69, 9.17) is 9.47 Å². The number of aromatic hydroxyl groups is 5. The summed E-state index contributed by atoms with van der Waals surface area (Å²) in [5.74, 6) is -3.57. The molecule has 5 N–H and O–H groups in total. The molecule has 0 aliphatic rings. The first-order chi connectivity index (χ1) is 12.2. The Bertz CT molecular complexity index is 786. The zero-order valence-electron chi connectivity index (χ0n) is 13.4. The highest BCUT2D eigenvalue weighted by atomic mass is 16.5. The zero-order chi connectivity index (χ0) is 19.3. The molecule has 9 nitrogen and oxygen atoms in total. The second-order valence-corrected chi connectivity index (χ2v) is 5.33. The van der Waals surface area contributed by atoms with Crippen LogP contribution in [0.1, 0.15) is 6.42 Å². The van der Waals surface area contributed by atoms with Crippen molar-refractivity contribution < 1.29 is 44.6 Å². The minimum Gasteiger partial charge on any atom is -0.508 e. The van der Waals surface area contributed by atoms with Gasteiger partial charge in [-0.1, -0.05) is 0 Å². The van der Waals surface area contributed by atoms with Gasteiger partial charge in [0, 0.05) is 30.3 Å². The van der Waals surface area contributed by atoms with Crippen molar-refractivity contribution in [2.24, 2.45) is 0 Å². The maximum Gasteiger partial charge on any atom is 0.200 e. The fourth-order valence-corrected chi connectivity index (χ4v) is 1.96. The molecule has 0 aliphatic carbocycles. The lowest BCUT2D eigenvalue weighted by molar-refractivity contribution is -0.129. The van der Waals surface area contributed by atoms with Crippen LogP contribution in [-0.4, -0.2) is 50.3 Å². The largest absolute Gasteiger partial charge is 0.508 e. The molecular formula is C17H16O9. The van der Waals surface area contributed by atoms with Crippen molar-refractivity contribution in [1.82, 2.24) is 0 Å². The number of rotatable bonds is 8. The molecule has 0 saturated carbocycles. The van der Waals surface area contributed by atoms with Gasteiger partial charge >= 0.3 is 0 Å². The SMILES string of the molecule is O=C(COc1cc(O)cc(O)c1)CC(=O)COc1cc(O)c(O)c(O)c1. The maximum atomic E-state index is 11.7. The monoisotopic (exact) mass is 364 g/mol. The number of phenolic OH excluding ortho intramolecular Hbond substituents is 5. The number of hydrogen-bond donors (Lipinski definition) is 5. The lowest BCUT2D eigenvalue weighted by Crippen LogP contribution is -2.20. The Labute approximate surface area is 147 Å². The van der Waals surface area contributed by atoms with E-state index in [1.807, 2.05) is 0 Å². The number of carbonyl (C=O) groups is 2. The summed E-state index contributed by atoms with van der Waals surface area (Å²) in [6.07, 6.45) is -0.485. The molecule has 26 heavy (non-hydrogen) atoms. The predicted octanol–water partition coefficient (Wildman–Crippen LogP) is 1.20. The average Bonchev–Trinajstić information content (AvgIpc) is 2.55. The molecule has 2 aromatic carbocycles. The van der Waals surface area contributed by atoms with Crippen molar-refractivity contribution in [3.63, 3.8) is 0 Å². The fraction of sp³-hybridized carbons (Fsp3) is 0.176. The van der Waals surface area contributed by atoms with E-state index in [2.05, 4.69) is 0 Å². The summed E-state index contributed by atoms with van der Waals surface area (Å²) in [6.45, 7) is -0.947. The molecule has 0 spiro atoms. The summed E-state index contributed by atoms with van der Waals surface area (Å²) in [5, 5.41) is 46.4. The van der Waals surface area contributed by atoms with E-state index in [1.165, 1.54) is 12.1 Å². The van der Waals surface area contributed by atoms with Gasteiger partial charge in [-0.3, -0.25) is 9.59 Å². The van der Waals surface area contributed by atoms with Crippen molar-refractivity contribution >= 4 is 11.6 Å². The number of ketones is 2. The normalized spacial score (nSPS) is 10.3. The zero-order valence-corrected chi connectivity index (χ0v) is 13.4. The first kappa shape index (κ1) is 18.7. The van der Waals surface area contributed by atoms with Crippen LogP contribution in [-0.2, 0) is 9.59 Å². The molecule has 0 fully saturated rings. The Morgan fingerprint density at radius 3 is 1.58 bits per heavy atom. The molecule has 138 valence electrons. The van der Waals surface area contributed by atoms with Gasteiger partial charge in [0.05, 0.1) is 6.42 Å². The lowest BCUT2D eigenvalue weighted by atomic mass is 10.2. The first-order valence-corrected chi connectivity index (χ1v) is 7.31. The van der Waals surface area contributed by atoms with E-state index in [1.54, 1.807) is 0 Å². The molecule has 0 radical (unpaired) electrons. The van der Waals surface area contributed by atoms with Crippen LogP contribution in [0.25, 0.3) is 0 Å². The molecule has 2 aromatic rings. The number of benzene rings is 2. The second kappa shape index (κ2) is 7.97. The number of hydrogen-bond acceptors (Lipinski definition) is 9. The van der Waals surface area contributed by atoms with Gasteiger partial charge in [-0.15, -0.1) is 0 Å². The van der Waals surface area contributed by atoms with Crippen LogP contribution < -0.4 is 9.47 Å². The Kier molecular flexibility index (Phi) is 5.74. The van der Waals surface area contributed by atoms with Gasteiger partial charge in [0.15, 0.2) is 23.1 Å². The number of carbonyl (C=O) groups excluding carboxylic acids is 2. The van der Waals surface area contributed by atoms with Crippen molar-refractivity contribution in [2.75, 3.05) is 13.2 Å². The number of Topliss-reactive ketones (excluding diaryl/α,β-unsaturated/α-hetero) is 2. The van der Waals surface area contributed by atoms with Crippen LogP contribution in [0.2, 0.25) is 0 Å². The molecule has 9 heteroatoms. The summed E-state index contributed by atoms with van der Waals surface area (Å²) in [4.78, 5) is 23.4. The number of phenols is 5. The molecule has 2 rings (SSSR count). The van der Waals surface area contributed by atoms with E-state index in [0.717, 1.165) is 18.2 Å². The third-order valence-electron chi connectivity index (χ3n) is 3.11. The Morgan fingerprint density at radius 1 is 0.692 bits per heavy atom. The van der Waals surface area contributed by atoms with Crippen LogP contribution >= 0.6 is 0 Å². The Balaban J connectivity index is 1.81. The van der Waals surface area contributed by atoms with Crippen LogP contribution in [0, 0.1) is 0 Å². The quantitative estimate of drug-likeness (QED) is 0.343. The maximum absolute atomic E-state index is 11.7. The van der Waals surface area contributed by atoms with Crippen molar-refractivity contribution in [1.29, 1.82) is 0 Å². The molecular weight excluding hydrogens is 348 g/mol. The Morgan fingerprint density at radius 2 is 1.12 bits per heavy atom. The molecule has 0 aliphatic heterocycles. The summed E-state index contributed by atoms with van der Waals surface area (Å²) >= 11 is 0. The molecule has 0 atom stereocenters. The second-order valence-electron chi connectivity index (χ2n) is 5.33. The van der Waals surface area contributed by atoms with Crippen molar-refractivity contribution in [3.8, 4) is 40.2 Å². The third-order valence-corrected chi connectivity index (χ3v) is 3.11. The highest BCUT2D eigenvalue weighted by Crippen LogP contribution is 2.38. The van der Waals surface area contributed by atoms with E-state index in [9.17, 15) is 35.1 Å². The van der Waals surface area contributed by atoms with E-state index >= 15 is 0 Å². The van der Waals surface area contributed by atoms with Crippen LogP contribution in [0.3, 0.4) is 0 Å². The van der Waals surface area contributed by atoms with E-state index < -0.39 is 48.4 Å². The summed E-state index contributed by atoms with van der Waals surface area (Å²) in [5.41, 5.74) is 0. The van der Waals surface area contributed by atoms with E-state index in [0.29, 0.717) is 0 Å². The topological polar surface area (TPSA) is 154 Å². The minimum absolute atomic E-state index is 0.0644. The van der Waals surface area contributed by atoms with Crippen molar-refractivity contribution in [2.45, 2.75) is 6.42 Å². The standard InChI is InChI=1S/C17H16O9/c18-9-1-10(19)4-13(3-9)25-7-11(20)2-12(21)8-26-14-5-15(22)17(24)16(23)6-14/h1,3-6,18-19,22-24H,2,7-8H2. The Hall–Kier alpha value is -3.62. The highest BCUT2D eigenvalue weighted by molar-refractivity contribution is 6.00. The van der Waals surface area contributed by atoms with Gasteiger partial charge in [-0.2, -0.15) is 0 Å². The molecule has 0 saturated heterocycles. The van der Waals surface area contributed by atoms with Crippen LogP contribution in [0.4, 0.5) is 0 Å². The van der Waals surface area contributed by atoms with Gasteiger partial charge in [-0.25, -0.2) is 0 Å². The fourth-order valence-electron chi connectivity index (χ4n) is 1.96. The van der Waals surface area contributed by atoms with Crippen LogP contribution in [0.5, 0.6) is 40.2 Å². The molecule has 0 bridgehead atoms. The van der Waals surface area contributed by atoms with Crippen molar-refractivity contribution in [3.05, 3.63) is 30.3 Å². The van der Waals surface area contributed by atoms with E-state index in [-0.39, 0.29) is 23.0 Å². The predicted molar refractivity (Wildman–Crippen MR) is 86.8 cm³/mol. The minimum atomic E-state index is -0.714. The summed E-state index contributed by atoms with van der Waals surface area (Å²) in [6, 6.07) is 5.49. The number of ether oxygens (including phenoxy) is 2. The van der Waals surface area contributed by atoms with Gasteiger partial charge < -0.3 is 35.0 Å². The van der Waals surface area contributed by atoms with Gasteiger partial charge in [0.1, 0.15) is 36.2 Å². The third kappa shape index (κ3) is 5.20. The molecule has 0 amide bonds. The van der Waals surface area contributed by atoms with Gasteiger partial charge in [-0.05, 0) is 0 Å². The smallest absolute Gasteiger partial charge is 0.200 e. The first-order valence-electron chi connectivity index (χ1n) is 7.31. The van der Waals surface area contributed by atoms with Crippen LogP contribution in [0.15, 0.2) is 30.3 Å².